The van der Waals surface area contributed by atoms with Crippen molar-refractivity contribution in [3.05, 3.63) is 23.8 Å². The molecule has 140 valence electrons. The van der Waals surface area contributed by atoms with E-state index in [0.717, 1.165) is 13.1 Å². The molecule has 0 saturated carbocycles. The second-order valence-electron chi connectivity index (χ2n) is 5.35. The topological polar surface area (TPSA) is 44.7 Å². The van der Waals surface area contributed by atoms with Crippen LogP contribution in [-0.4, -0.2) is 49.5 Å². The molecule has 4 nitrogen and oxygen atoms in total. The fourth-order valence-electron chi connectivity index (χ4n) is 2.80. The van der Waals surface area contributed by atoms with Crippen molar-refractivity contribution in [1.82, 2.24) is 10.2 Å². The Balaban J connectivity index is 0.00000264. The summed E-state index contributed by atoms with van der Waals surface area (Å²) in [5.74, 6) is 0.209. The van der Waals surface area contributed by atoms with Gasteiger partial charge in [-0.25, -0.2) is 0 Å². The maximum atomic E-state index is 12.6. The van der Waals surface area contributed by atoms with E-state index in [1.807, 2.05) is 4.90 Å². The lowest BCUT2D eigenvalue weighted by atomic mass is 9.98. The van der Waals surface area contributed by atoms with Crippen molar-refractivity contribution in [2.24, 2.45) is 0 Å². The third kappa shape index (κ3) is 6.20. The second kappa shape index (κ2) is 10.2. The van der Waals surface area contributed by atoms with Crippen molar-refractivity contribution >= 4 is 24.8 Å². The van der Waals surface area contributed by atoms with Gasteiger partial charge in [0.2, 0.25) is 0 Å². The second-order valence-corrected chi connectivity index (χ2v) is 5.35. The Hall–Kier alpha value is -0.890. The molecule has 1 saturated heterocycles. The first-order valence-electron chi connectivity index (χ1n) is 7.30. The lowest BCUT2D eigenvalue weighted by molar-refractivity contribution is -0.138. The summed E-state index contributed by atoms with van der Waals surface area (Å²) in [6.07, 6.45) is -5.16. The van der Waals surface area contributed by atoms with Crippen LogP contribution in [0, 0.1) is 0 Å². The molecule has 1 atom stereocenters. The van der Waals surface area contributed by atoms with Gasteiger partial charge in [0, 0.05) is 44.2 Å². The molecule has 1 heterocycles. The largest absolute Gasteiger partial charge is 0.504 e. The Morgan fingerprint density at radius 3 is 2.42 bits per heavy atom. The quantitative estimate of drug-likeness (QED) is 0.806. The van der Waals surface area contributed by atoms with Crippen LogP contribution in [0.3, 0.4) is 0 Å². The summed E-state index contributed by atoms with van der Waals surface area (Å²) in [7, 11) is 1.42. The zero-order chi connectivity index (χ0) is 16.2. The summed E-state index contributed by atoms with van der Waals surface area (Å²) in [4.78, 5) is 1.98. The summed E-state index contributed by atoms with van der Waals surface area (Å²) in [6, 6.07) is 4.48. The van der Waals surface area contributed by atoms with Gasteiger partial charge in [-0.05, 0) is 12.5 Å². The van der Waals surface area contributed by atoms with Gasteiger partial charge >= 0.3 is 6.18 Å². The minimum Gasteiger partial charge on any atom is -0.504 e. The molecular formula is C15H23Cl2F3N2O2. The molecule has 0 bridgehead atoms. The van der Waals surface area contributed by atoms with E-state index in [0.29, 0.717) is 18.7 Å². The first-order valence-corrected chi connectivity index (χ1v) is 7.30. The van der Waals surface area contributed by atoms with Gasteiger partial charge in [-0.3, -0.25) is 4.90 Å². The summed E-state index contributed by atoms with van der Waals surface area (Å²) in [5.41, 5.74) is 0.491. The lowest BCUT2D eigenvalue weighted by Gasteiger charge is -2.35. The van der Waals surface area contributed by atoms with E-state index in [1.165, 1.54) is 7.11 Å². The van der Waals surface area contributed by atoms with Crippen LogP contribution in [0.1, 0.15) is 24.4 Å². The van der Waals surface area contributed by atoms with Crippen molar-refractivity contribution in [2.75, 3.05) is 33.3 Å². The van der Waals surface area contributed by atoms with E-state index < -0.39 is 18.6 Å². The minimum atomic E-state index is -4.21. The molecule has 24 heavy (non-hydrogen) atoms. The van der Waals surface area contributed by atoms with Crippen LogP contribution in [0.25, 0.3) is 0 Å². The number of ether oxygens (including phenoxy) is 1. The van der Waals surface area contributed by atoms with E-state index in [9.17, 15) is 18.3 Å². The Bertz CT molecular complexity index is 498. The Kier molecular flexibility index (Phi) is 9.80. The van der Waals surface area contributed by atoms with Gasteiger partial charge in [0.15, 0.2) is 11.5 Å². The third-order valence-corrected chi connectivity index (χ3v) is 3.90. The molecule has 0 aliphatic carbocycles. The Morgan fingerprint density at radius 1 is 1.25 bits per heavy atom. The van der Waals surface area contributed by atoms with Gasteiger partial charge in [-0.1, -0.05) is 12.1 Å². The fraction of sp³-hybridized carbons (Fsp3) is 0.600. The Morgan fingerprint density at radius 2 is 1.88 bits per heavy atom. The number of alkyl halides is 3. The first-order chi connectivity index (χ1) is 10.4. The number of rotatable bonds is 5. The number of hydrogen-bond donors (Lipinski definition) is 2. The summed E-state index contributed by atoms with van der Waals surface area (Å²) >= 11 is 0. The normalized spacial score (nSPS) is 16.7. The lowest BCUT2D eigenvalue weighted by Crippen LogP contribution is -2.45. The van der Waals surface area contributed by atoms with Crippen LogP contribution in [0.4, 0.5) is 13.2 Å². The number of aromatic hydroxyl groups is 1. The van der Waals surface area contributed by atoms with Crippen molar-refractivity contribution in [2.45, 2.75) is 25.1 Å². The predicted octanol–water partition coefficient (Wildman–Crippen LogP) is 3.53. The molecule has 9 heteroatoms. The van der Waals surface area contributed by atoms with Crippen molar-refractivity contribution in [3.63, 3.8) is 0 Å². The molecule has 1 aliphatic rings. The van der Waals surface area contributed by atoms with E-state index in [2.05, 4.69) is 5.32 Å². The minimum absolute atomic E-state index is 0. The number of phenolic OH excluding ortho intramolecular Hbond substituents is 1. The molecule has 1 aliphatic heterocycles. The number of nitrogens with zero attached hydrogens (tertiary/aromatic N) is 1. The smallest absolute Gasteiger partial charge is 0.389 e. The van der Waals surface area contributed by atoms with Gasteiger partial charge in [0.1, 0.15) is 0 Å². The zero-order valence-corrected chi connectivity index (χ0v) is 14.9. The van der Waals surface area contributed by atoms with Crippen LogP contribution >= 0.6 is 24.8 Å². The van der Waals surface area contributed by atoms with Crippen LogP contribution in [0.2, 0.25) is 0 Å². The molecule has 0 aromatic heterocycles. The first kappa shape index (κ1) is 23.1. The van der Waals surface area contributed by atoms with Gasteiger partial charge in [-0.15, -0.1) is 24.8 Å². The average molecular weight is 391 g/mol. The highest BCUT2D eigenvalue weighted by atomic mass is 35.5. The standard InChI is InChI=1S/C15H21F3N2O2.2ClH/c1-22-13-4-2-3-11(14(13)21)12(5-6-15(16,17)18)20-9-7-19-8-10-20;;/h2-4,12,19,21H,5-10H2,1H3;2*1H/t12-;;/m0../s1. The predicted molar refractivity (Wildman–Crippen MR) is 91.6 cm³/mol. The number of phenols is 1. The third-order valence-electron chi connectivity index (χ3n) is 3.90. The fourth-order valence-corrected chi connectivity index (χ4v) is 2.80. The van der Waals surface area contributed by atoms with E-state index in [1.54, 1.807) is 18.2 Å². The monoisotopic (exact) mass is 390 g/mol. The van der Waals surface area contributed by atoms with Crippen molar-refractivity contribution in [3.8, 4) is 11.5 Å². The highest BCUT2D eigenvalue weighted by Crippen LogP contribution is 2.39. The van der Waals surface area contributed by atoms with Gasteiger partial charge in [0.05, 0.1) is 7.11 Å². The van der Waals surface area contributed by atoms with Gasteiger partial charge in [0.25, 0.3) is 0 Å². The van der Waals surface area contributed by atoms with Gasteiger partial charge < -0.3 is 15.2 Å². The number of halogens is 5. The molecule has 0 amide bonds. The molecule has 1 fully saturated rings. The van der Waals surface area contributed by atoms with Crippen LogP contribution in [-0.2, 0) is 0 Å². The molecule has 2 N–H and O–H groups in total. The Labute approximate surface area is 152 Å². The highest BCUT2D eigenvalue weighted by Gasteiger charge is 2.32. The highest BCUT2D eigenvalue weighted by molar-refractivity contribution is 5.85. The number of para-hydroxylation sites is 1. The maximum Gasteiger partial charge on any atom is 0.389 e. The molecule has 0 spiro atoms. The SMILES string of the molecule is COc1cccc([C@H](CCC(F)(F)F)N2CCNCC2)c1O.Cl.Cl. The van der Waals surface area contributed by atoms with Crippen LogP contribution in [0.5, 0.6) is 11.5 Å². The van der Waals surface area contributed by atoms with Crippen molar-refractivity contribution < 1.29 is 23.0 Å². The maximum absolute atomic E-state index is 12.6. The number of piperazine rings is 1. The summed E-state index contributed by atoms with van der Waals surface area (Å²) in [5, 5.41) is 13.5. The molecule has 0 unspecified atom stereocenters. The van der Waals surface area contributed by atoms with Crippen LogP contribution in [0.15, 0.2) is 18.2 Å². The van der Waals surface area contributed by atoms with E-state index in [4.69, 9.17) is 4.74 Å². The van der Waals surface area contributed by atoms with E-state index >= 15 is 0 Å². The van der Waals surface area contributed by atoms with Crippen LogP contribution < -0.4 is 10.1 Å². The summed E-state index contributed by atoms with van der Waals surface area (Å²) in [6.45, 7) is 2.76. The number of nitrogens with one attached hydrogen (secondary N) is 1. The molecule has 1 aromatic carbocycles. The van der Waals surface area contributed by atoms with E-state index in [-0.39, 0.29) is 42.7 Å². The molecule has 2 rings (SSSR count). The van der Waals surface area contributed by atoms with Gasteiger partial charge in [-0.2, -0.15) is 13.2 Å². The number of benzene rings is 1. The molecule has 0 radical (unpaired) electrons. The molecule has 1 aromatic rings. The summed E-state index contributed by atoms with van der Waals surface area (Å²) < 4.78 is 42.9. The average Bonchev–Trinajstić information content (AvgIpc) is 2.49. The zero-order valence-electron chi connectivity index (χ0n) is 13.3. The van der Waals surface area contributed by atoms with Crippen molar-refractivity contribution in [1.29, 1.82) is 0 Å². The molecular weight excluding hydrogens is 368 g/mol. The number of methoxy groups -OCH3 is 1. The number of hydrogen-bond acceptors (Lipinski definition) is 4.